The minimum Gasteiger partial charge on any atom is -0.507 e. The molecule has 0 bridgehead atoms. The first kappa shape index (κ1) is 22.4. The van der Waals surface area contributed by atoms with E-state index in [9.17, 15) is 20.0 Å². The molecule has 0 atom stereocenters. The van der Waals surface area contributed by atoms with Gasteiger partial charge in [-0.25, -0.2) is 5.43 Å². The normalized spacial score (nSPS) is 10.8. The van der Waals surface area contributed by atoms with Crippen molar-refractivity contribution in [2.24, 2.45) is 5.10 Å². The van der Waals surface area contributed by atoms with Crippen LogP contribution in [0.25, 0.3) is 0 Å². The summed E-state index contributed by atoms with van der Waals surface area (Å²) in [6.45, 7) is 0.329. The Hall–Kier alpha value is -3.24. The highest BCUT2D eigenvalue weighted by molar-refractivity contribution is 9.11. The molecular weight excluding hydrogens is 534 g/mol. The number of aromatic hydroxyl groups is 1. The third kappa shape index (κ3) is 5.89. The second kappa shape index (κ2) is 10.2. The molecule has 0 radical (unpaired) electrons. The van der Waals surface area contributed by atoms with E-state index in [4.69, 9.17) is 4.74 Å². The maximum absolute atomic E-state index is 12.3. The quantitative estimate of drug-likeness (QED) is 0.240. The van der Waals surface area contributed by atoms with Crippen LogP contribution in [0.1, 0.15) is 21.5 Å². The molecule has 0 saturated heterocycles. The Morgan fingerprint density at radius 1 is 1.16 bits per heavy atom. The molecule has 0 aromatic heterocycles. The molecule has 1 amide bonds. The van der Waals surface area contributed by atoms with E-state index in [2.05, 4.69) is 42.4 Å². The van der Waals surface area contributed by atoms with Gasteiger partial charge >= 0.3 is 0 Å². The number of hydrogen-bond donors (Lipinski definition) is 2. The number of nitrogens with one attached hydrogen (secondary N) is 1. The fourth-order valence-corrected chi connectivity index (χ4v) is 3.97. The molecule has 0 aliphatic rings. The van der Waals surface area contributed by atoms with Crippen LogP contribution in [-0.4, -0.2) is 22.2 Å². The number of amides is 1. The highest BCUT2D eigenvalue weighted by Crippen LogP contribution is 2.32. The Kier molecular flexibility index (Phi) is 7.37. The summed E-state index contributed by atoms with van der Waals surface area (Å²) >= 11 is 6.86. The van der Waals surface area contributed by atoms with Crippen LogP contribution in [0, 0.1) is 10.1 Å². The SMILES string of the molecule is O=C(N/N=C\c1cc(Br)cc(Br)c1OCc1ccccc1)c1cc([N+](=O)[O-])ccc1O. The summed E-state index contributed by atoms with van der Waals surface area (Å²) < 4.78 is 7.37. The van der Waals surface area contributed by atoms with E-state index in [1.807, 2.05) is 36.4 Å². The van der Waals surface area contributed by atoms with Gasteiger partial charge < -0.3 is 9.84 Å². The van der Waals surface area contributed by atoms with Crippen molar-refractivity contribution in [2.45, 2.75) is 6.61 Å². The zero-order valence-electron chi connectivity index (χ0n) is 15.8. The molecule has 31 heavy (non-hydrogen) atoms. The summed E-state index contributed by atoms with van der Waals surface area (Å²) in [6.07, 6.45) is 1.38. The summed E-state index contributed by atoms with van der Waals surface area (Å²) in [5.74, 6) is -0.670. The van der Waals surface area contributed by atoms with Gasteiger partial charge in [0, 0.05) is 22.2 Å². The van der Waals surface area contributed by atoms with Crippen molar-refractivity contribution in [1.29, 1.82) is 0 Å². The van der Waals surface area contributed by atoms with Gasteiger partial charge in [-0.05, 0) is 39.7 Å². The van der Waals surface area contributed by atoms with Crippen LogP contribution in [0.15, 0.2) is 74.7 Å². The summed E-state index contributed by atoms with van der Waals surface area (Å²) in [6, 6.07) is 16.3. The fraction of sp³-hybridized carbons (Fsp3) is 0.0476. The van der Waals surface area contributed by atoms with E-state index in [1.54, 1.807) is 6.07 Å². The van der Waals surface area contributed by atoms with Gasteiger partial charge in [-0.15, -0.1) is 0 Å². The van der Waals surface area contributed by atoms with Gasteiger partial charge in [0.05, 0.1) is 21.2 Å². The molecule has 10 heteroatoms. The number of carbonyl (C=O) groups excluding carboxylic acids is 1. The van der Waals surface area contributed by atoms with Crippen molar-refractivity contribution in [3.05, 3.63) is 96.4 Å². The van der Waals surface area contributed by atoms with Crippen LogP contribution in [0.5, 0.6) is 11.5 Å². The number of halogens is 2. The van der Waals surface area contributed by atoms with E-state index < -0.39 is 16.6 Å². The molecule has 3 aromatic carbocycles. The molecule has 3 aromatic rings. The molecule has 8 nitrogen and oxygen atoms in total. The number of carbonyl (C=O) groups is 1. The smallest absolute Gasteiger partial charge is 0.275 e. The van der Waals surface area contributed by atoms with Crippen molar-refractivity contribution in [3.63, 3.8) is 0 Å². The van der Waals surface area contributed by atoms with Gasteiger partial charge in [-0.3, -0.25) is 14.9 Å². The van der Waals surface area contributed by atoms with E-state index >= 15 is 0 Å². The number of phenolic OH excluding ortho intramolecular Hbond substituents is 1. The standard InChI is InChI=1S/C21H15Br2N3O5/c22-15-8-14(20(18(23)9-15)31-12-13-4-2-1-3-5-13)11-24-25-21(28)17-10-16(26(29)30)6-7-19(17)27/h1-11,27H,12H2,(H,25,28)/b24-11-. The largest absolute Gasteiger partial charge is 0.507 e. The number of nitro benzene ring substituents is 1. The number of non-ortho nitro benzene ring substituents is 1. The molecule has 0 unspecified atom stereocenters. The molecule has 0 saturated carbocycles. The zero-order chi connectivity index (χ0) is 22.4. The monoisotopic (exact) mass is 547 g/mol. The lowest BCUT2D eigenvalue weighted by Crippen LogP contribution is -2.18. The number of benzene rings is 3. The molecule has 0 aliphatic carbocycles. The van der Waals surface area contributed by atoms with Crippen molar-refractivity contribution >= 4 is 49.7 Å². The van der Waals surface area contributed by atoms with E-state index in [1.165, 1.54) is 6.21 Å². The predicted octanol–water partition coefficient (Wildman–Crippen LogP) is 5.17. The van der Waals surface area contributed by atoms with Crippen molar-refractivity contribution in [2.75, 3.05) is 0 Å². The van der Waals surface area contributed by atoms with E-state index in [0.29, 0.717) is 22.4 Å². The Morgan fingerprint density at radius 3 is 2.61 bits per heavy atom. The molecule has 0 fully saturated rings. The first-order valence-corrected chi connectivity index (χ1v) is 10.4. The lowest BCUT2D eigenvalue weighted by Gasteiger charge is -2.12. The third-order valence-electron chi connectivity index (χ3n) is 4.07. The summed E-state index contributed by atoms with van der Waals surface area (Å²) in [7, 11) is 0. The first-order chi connectivity index (χ1) is 14.8. The lowest BCUT2D eigenvalue weighted by molar-refractivity contribution is -0.384. The van der Waals surface area contributed by atoms with Gasteiger partial charge in [-0.2, -0.15) is 5.10 Å². The number of rotatable bonds is 7. The minimum absolute atomic E-state index is 0.262. The van der Waals surface area contributed by atoms with E-state index in [-0.39, 0.29) is 11.3 Å². The maximum Gasteiger partial charge on any atom is 0.275 e. The summed E-state index contributed by atoms with van der Waals surface area (Å²) in [5.41, 5.74) is 3.23. The Bertz CT molecular complexity index is 1150. The fourth-order valence-electron chi connectivity index (χ4n) is 2.60. The number of ether oxygens (including phenoxy) is 1. The highest BCUT2D eigenvalue weighted by Gasteiger charge is 2.16. The van der Waals surface area contributed by atoms with Crippen LogP contribution >= 0.6 is 31.9 Å². The summed E-state index contributed by atoms with van der Waals surface area (Å²) in [4.78, 5) is 22.5. The molecule has 3 rings (SSSR count). The van der Waals surface area contributed by atoms with Gasteiger partial charge in [0.2, 0.25) is 0 Å². The van der Waals surface area contributed by atoms with Crippen LogP contribution in [-0.2, 0) is 6.61 Å². The van der Waals surface area contributed by atoms with Crippen molar-refractivity contribution in [1.82, 2.24) is 5.43 Å². The molecule has 158 valence electrons. The number of hydrazone groups is 1. The predicted molar refractivity (Wildman–Crippen MR) is 122 cm³/mol. The Labute approximate surface area is 194 Å². The van der Waals surface area contributed by atoms with Crippen LogP contribution in [0.2, 0.25) is 0 Å². The molecule has 0 aliphatic heterocycles. The van der Waals surface area contributed by atoms with Crippen molar-refractivity contribution < 1.29 is 19.6 Å². The molecule has 0 heterocycles. The van der Waals surface area contributed by atoms with Gasteiger partial charge in [0.15, 0.2) is 0 Å². The average Bonchev–Trinajstić information content (AvgIpc) is 2.73. The second-order valence-electron chi connectivity index (χ2n) is 6.24. The first-order valence-electron chi connectivity index (χ1n) is 8.81. The van der Waals surface area contributed by atoms with Gasteiger partial charge in [0.25, 0.3) is 11.6 Å². The topological polar surface area (TPSA) is 114 Å². The van der Waals surface area contributed by atoms with Gasteiger partial charge in [0.1, 0.15) is 18.1 Å². The number of nitro groups is 1. The third-order valence-corrected chi connectivity index (χ3v) is 5.12. The molecule has 0 spiro atoms. The minimum atomic E-state index is -0.793. The highest BCUT2D eigenvalue weighted by atomic mass is 79.9. The van der Waals surface area contributed by atoms with Gasteiger partial charge in [-0.1, -0.05) is 46.3 Å². The Balaban J connectivity index is 1.78. The summed E-state index contributed by atoms with van der Waals surface area (Å²) in [5, 5.41) is 24.6. The zero-order valence-corrected chi connectivity index (χ0v) is 19.0. The van der Waals surface area contributed by atoms with Crippen LogP contribution < -0.4 is 10.2 Å². The lowest BCUT2D eigenvalue weighted by atomic mass is 10.1. The molecule has 2 N–H and O–H groups in total. The second-order valence-corrected chi connectivity index (χ2v) is 8.01. The van der Waals surface area contributed by atoms with Crippen LogP contribution in [0.4, 0.5) is 5.69 Å². The average molecular weight is 549 g/mol. The van der Waals surface area contributed by atoms with Crippen molar-refractivity contribution in [3.8, 4) is 11.5 Å². The number of nitrogens with zero attached hydrogens (tertiary/aromatic N) is 2. The van der Waals surface area contributed by atoms with E-state index in [0.717, 1.165) is 28.2 Å². The van der Waals surface area contributed by atoms with Crippen LogP contribution in [0.3, 0.4) is 0 Å². The molecular formula is C21H15Br2N3O5. The Morgan fingerprint density at radius 2 is 1.90 bits per heavy atom. The number of hydrogen-bond acceptors (Lipinski definition) is 6. The maximum atomic E-state index is 12.3. The number of phenols is 1.